The van der Waals surface area contributed by atoms with E-state index in [-0.39, 0.29) is 5.78 Å². The van der Waals surface area contributed by atoms with Gasteiger partial charge in [-0.1, -0.05) is 6.92 Å². The maximum absolute atomic E-state index is 11.7. The highest BCUT2D eigenvalue weighted by Crippen LogP contribution is 2.35. The molecule has 1 heterocycles. The van der Waals surface area contributed by atoms with Crippen molar-refractivity contribution in [3.8, 4) is 11.5 Å². The summed E-state index contributed by atoms with van der Waals surface area (Å²) in [6.45, 7) is 3.13. The van der Waals surface area contributed by atoms with Crippen molar-refractivity contribution < 1.29 is 14.3 Å². The van der Waals surface area contributed by atoms with Crippen molar-refractivity contribution in [1.29, 1.82) is 0 Å². The summed E-state index contributed by atoms with van der Waals surface area (Å²) in [4.78, 5) is 11.7. The maximum Gasteiger partial charge on any atom is 0.163 e. The molecule has 0 bridgehead atoms. The van der Waals surface area contributed by atoms with Gasteiger partial charge in [-0.05, 0) is 28.1 Å². The van der Waals surface area contributed by atoms with Crippen LogP contribution in [0.2, 0.25) is 0 Å². The zero-order valence-corrected chi connectivity index (χ0v) is 10.7. The second-order valence-corrected chi connectivity index (χ2v) is 4.46. The summed E-state index contributed by atoms with van der Waals surface area (Å²) in [6.07, 6.45) is 1.35. The number of fused-ring (bicyclic) bond motifs is 1. The van der Waals surface area contributed by atoms with Crippen LogP contribution in [0.1, 0.15) is 30.1 Å². The van der Waals surface area contributed by atoms with Crippen molar-refractivity contribution in [3.63, 3.8) is 0 Å². The Kier molecular flexibility index (Phi) is 3.49. The van der Waals surface area contributed by atoms with Gasteiger partial charge in [-0.2, -0.15) is 0 Å². The van der Waals surface area contributed by atoms with Crippen molar-refractivity contribution in [3.05, 3.63) is 22.2 Å². The molecule has 0 spiro atoms. The molecule has 1 aromatic rings. The van der Waals surface area contributed by atoms with Crippen molar-refractivity contribution in [2.24, 2.45) is 0 Å². The van der Waals surface area contributed by atoms with E-state index in [2.05, 4.69) is 15.9 Å². The third-order valence-corrected chi connectivity index (χ3v) is 3.11. The smallest absolute Gasteiger partial charge is 0.163 e. The molecule has 0 aromatic heterocycles. The second-order valence-electron chi connectivity index (χ2n) is 3.61. The number of benzene rings is 1. The first-order valence-electron chi connectivity index (χ1n) is 5.34. The fourth-order valence-electron chi connectivity index (χ4n) is 1.59. The van der Waals surface area contributed by atoms with E-state index in [9.17, 15) is 4.79 Å². The van der Waals surface area contributed by atoms with Gasteiger partial charge in [-0.15, -0.1) is 0 Å². The second kappa shape index (κ2) is 4.87. The molecular weight excluding hydrogens is 272 g/mol. The number of halogens is 1. The molecule has 0 saturated carbocycles. The van der Waals surface area contributed by atoms with Gasteiger partial charge >= 0.3 is 0 Å². The molecule has 1 aliphatic rings. The van der Waals surface area contributed by atoms with E-state index in [1.807, 2.05) is 13.0 Å². The molecule has 0 saturated heterocycles. The summed E-state index contributed by atoms with van der Waals surface area (Å²) >= 11 is 3.39. The van der Waals surface area contributed by atoms with Gasteiger partial charge in [0, 0.05) is 22.9 Å². The summed E-state index contributed by atoms with van der Waals surface area (Å²) < 4.78 is 11.8. The predicted octanol–water partition coefficient (Wildman–Crippen LogP) is 3.20. The van der Waals surface area contributed by atoms with Gasteiger partial charge < -0.3 is 9.47 Å². The zero-order valence-electron chi connectivity index (χ0n) is 9.09. The van der Waals surface area contributed by atoms with Gasteiger partial charge in [-0.25, -0.2) is 0 Å². The first-order valence-corrected chi connectivity index (χ1v) is 6.14. The van der Waals surface area contributed by atoms with E-state index < -0.39 is 0 Å². The standard InChI is InChI=1S/C12H13BrO3/c1-2-10(14)8-6-11-12(7-9(8)13)16-5-3-4-15-11/h6-7H,2-5H2,1H3. The highest BCUT2D eigenvalue weighted by atomic mass is 79.9. The van der Waals surface area contributed by atoms with E-state index in [1.54, 1.807) is 6.07 Å². The quantitative estimate of drug-likeness (QED) is 0.783. The van der Waals surface area contributed by atoms with Crippen LogP contribution in [0, 0.1) is 0 Å². The highest BCUT2D eigenvalue weighted by Gasteiger charge is 2.16. The first-order chi connectivity index (χ1) is 7.72. The molecule has 3 nitrogen and oxygen atoms in total. The van der Waals surface area contributed by atoms with Crippen LogP contribution < -0.4 is 9.47 Å². The lowest BCUT2D eigenvalue weighted by Gasteiger charge is -2.10. The Morgan fingerprint density at radius 2 is 1.94 bits per heavy atom. The van der Waals surface area contributed by atoms with Crippen LogP contribution in [0.15, 0.2) is 16.6 Å². The Balaban J connectivity index is 2.42. The molecule has 0 fully saturated rings. The summed E-state index contributed by atoms with van der Waals surface area (Å²) in [5.41, 5.74) is 0.659. The van der Waals surface area contributed by atoms with Gasteiger partial charge in [0.2, 0.25) is 0 Å². The number of Topliss-reactive ketones (excluding diaryl/α,β-unsaturated/α-hetero) is 1. The number of ketones is 1. The molecule has 0 aliphatic carbocycles. The average Bonchev–Trinajstić information content (AvgIpc) is 2.51. The third-order valence-electron chi connectivity index (χ3n) is 2.46. The minimum absolute atomic E-state index is 0.0996. The van der Waals surface area contributed by atoms with Crippen LogP contribution in [0.3, 0.4) is 0 Å². The maximum atomic E-state index is 11.7. The van der Waals surface area contributed by atoms with Gasteiger partial charge in [-0.3, -0.25) is 4.79 Å². The van der Waals surface area contributed by atoms with Crippen LogP contribution in [0.25, 0.3) is 0 Å². The normalized spacial score (nSPS) is 14.4. The predicted molar refractivity (Wildman–Crippen MR) is 64.4 cm³/mol. The molecule has 4 heteroatoms. The van der Waals surface area contributed by atoms with Gasteiger partial charge in [0.25, 0.3) is 0 Å². The molecule has 2 rings (SSSR count). The molecule has 1 aliphatic heterocycles. The number of hydrogen-bond acceptors (Lipinski definition) is 3. The Bertz CT molecular complexity index is 415. The van der Waals surface area contributed by atoms with Crippen molar-refractivity contribution in [1.82, 2.24) is 0 Å². The lowest BCUT2D eigenvalue weighted by Crippen LogP contribution is -2.00. The van der Waals surface area contributed by atoms with E-state index in [0.29, 0.717) is 36.7 Å². The fraction of sp³-hybridized carbons (Fsp3) is 0.417. The van der Waals surface area contributed by atoms with Crippen LogP contribution in [0.4, 0.5) is 0 Å². The summed E-state index contributed by atoms with van der Waals surface area (Å²) in [5.74, 6) is 1.47. The average molecular weight is 285 g/mol. The number of ether oxygens (including phenoxy) is 2. The Morgan fingerprint density at radius 1 is 1.31 bits per heavy atom. The lowest BCUT2D eigenvalue weighted by molar-refractivity contribution is 0.0987. The van der Waals surface area contributed by atoms with E-state index in [4.69, 9.17) is 9.47 Å². The SMILES string of the molecule is CCC(=O)c1cc2c(cc1Br)OCCCO2. The molecule has 0 unspecified atom stereocenters. The van der Waals surface area contributed by atoms with E-state index in [1.165, 1.54) is 0 Å². The number of hydrogen-bond donors (Lipinski definition) is 0. The Labute approximate surface area is 103 Å². The Hall–Kier alpha value is -1.03. The van der Waals surface area contributed by atoms with Crippen LogP contribution in [-0.2, 0) is 0 Å². The van der Waals surface area contributed by atoms with Crippen LogP contribution in [-0.4, -0.2) is 19.0 Å². The molecule has 1 aromatic carbocycles. The molecule has 0 N–H and O–H groups in total. The lowest BCUT2D eigenvalue weighted by atomic mass is 10.1. The van der Waals surface area contributed by atoms with E-state index in [0.717, 1.165) is 10.9 Å². The number of rotatable bonds is 2. The first kappa shape index (κ1) is 11.5. The van der Waals surface area contributed by atoms with Gasteiger partial charge in [0.15, 0.2) is 17.3 Å². The molecule has 0 amide bonds. The van der Waals surface area contributed by atoms with Crippen molar-refractivity contribution in [2.75, 3.05) is 13.2 Å². The summed E-state index contributed by atoms with van der Waals surface area (Å²) in [6, 6.07) is 3.57. The van der Waals surface area contributed by atoms with Gasteiger partial charge in [0.05, 0.1) is 13.2 Å². The molecule has 86 valence electrons. The molecular formula is C12H13BrO3. The molecule has 0 atom stereocenters. The third kappa shape index (κ3) is 2.21. The van der Waals surface area contributed by atoms with Crippen LogP contribution in [0.5, 0.6) is 11.5 Å². The number of carbonyl (C=O) groups is 1. The van der Waals surface area contributed by atoms with Crippen molar-refractivity contribution in [2.45, 2.75) is 19.8 Å². The topological polar surface area (TPSA) is 35.5 Å². The van der Waals surface area contributed by atoms with Crippen LogP contribution >= 0.6 is 15.9 Å². The minimum atomic E-state index is 0.0996. The molecule has 0 radical (unpaired) electrons. The Morgan fingerprint density at radius 3 is 2.56 bits per heavy atom. The minimum Gasteiger partial charge on any atom is -0.490 e. The number of carbonyl (C=O) groups excluding carboxylic acids is 1. The molecule has 16 heavy (non-hydrogen) atoms. The monoisotopic (exact) mass is 284 g/mol. The fourth-order valence-corrected chi connectivity index (χ4v) is 2.13. The highest BCUT2D eigenvalue weighted by molar-refractivity contribution is 9.10. The largest absolute Gasteiger partial charge is 0.490 e. The van der Waals surface area contributed by atoms with Gasteiger partial charge in [0.1, 0.15) is 0 Å². The zero-order chi connectivity index (χ0) is 11.5. The summed E-state index contributed by atoms with van der Waals surface area (Å²) in [5, 5.41) is 0. The van der Waals surface area contributed by atoms with Crippen molar-refractivity contribution >= 4 is 21.7 Å². The van der Waals surface area contributed by atoms with E-state index >= 15 is 0 Å². The summed E-state index contributed by atoms with van der Waals surface area (Å²) in [7, 11) is 0.